The molecule has 2 N–H and O–H groups in total. The molecule has 152 valence electrons. The van der Waals surface area contributed by atoms with Crippen molar-refractivity contribution >= 4 is 23.0 Å². The zero-order valence-corrected chi connectivity index (χ0v) is 17.6. The number of anilines is 1. The molecule has 28 heavy (non-hydrogen) atoms. The summed E-state index contributed by atoms with van der Waals surface area (Å²) < 4.78 is 19.9. The van der Waals surface area contributed by atoms with Crippen LogP contribution in [0.4, 0.5) is 10.1 Å². The van der Waals surface area contributed by atoms with Gasteiger partial charge < -0.3 is 20.3 Å². The molecule has 1 fully saturated rings. The van der Waals surface area contributed by atoms with E-state index in [2.05, 4.69) is 41.6 Å². The molecule has 5 nitrogen and oxygen atoms in total. The van der Waals surface area contributed by atoms with Gasteiger partial charge in [-0.2, -0.15) is 0 Å². The first-order chi connectivity index (χ1) is 13.5. The molecule has 2 aromatic rings. The van der Waals surface area contributed by atoms with Gasteiger partial charge in [0.15, 0.2) is 5.96 Å². The second-order valence-electron chi connectivity index (χ2n) is 7.07. The topological polar surface area (TPSA) is 48.9 Å². The highest BCUT2D eigenvalue weighted by molar-refractivity contribution is 7.11. The number of hydrogen-bond acceptors (Lipinski definition) is 4. The van der Waals surface area contributed by atoms with Gasteiger partial charge >= 0.3 is 0 Å². The van der Waals surface area contributed by atoms with E-state index in [0.717, 1.165) is 31.0 Å². The van der Waals surface area contributed by atoms with Crippen LogP contribution >= 0.6 is 11.3 Å². The van der Waals surface area contributed by atoms with E-state index >= 15 is 0 Å². The van der Waals surface area contributed by atoms with Gasteiger partial charge in [-0.25, -0.2) is 4.39 Å². The van der Waals surface area contributed by atoms with Crippen LogP contribution in [0.15, 0.2) is 35.3 Å². The van der Waals surface area contributed by atoms with Crippen LogP contribution in [0.25, 0.3) is 0 Å². The molecule has 0 bridgehead atoms. The number of guanidine groups is 1. The van der Waals surface area contributed by atoms with Gasteiger partial charge in [-0.1, -0.05) is 6.07 Å². The Kier molecular flexibility index (Phi) is 7.28. The fourth-order valence-corrected chi connectivity index (χ4v) is 4.30. The number of nitrogens with zero attached hydrogens (tertiary/aromatic N) is 2. The van der Waals surface area contributed by atoms with Crippen LogP contribution in [0.2, 0.25) is 0 Å². The maximum Gasteiger partial charge on any atom is 0.191 e. The average Bonchev–Trinajstić information content (AvgIpc) is 3.10. The van der Waals surface area contributed by atoms with Gasteiger partial charge in [0.25, 0.3) is 0 Å². The van der Waals surface area contributed by atoms with Crippen LogP contribution in [0.3, 0.4) is 0 Å². The average molecular weight is 405 g/mol. The molecule has 1 saturated heterocycles. The van der Waals surface area contributed by atoms with Crippen LogP contribution in [0.5, 0.6) is 0 Å². The zero-order valence-electron chi connectivity index (χ0n) is 16.8. The summed E-state index contributed by atoms with van der Waals surface area (Å²) in [5.74, 6) is 0.532. The first-order valence-electron chi connectivity index (χ1n) is 9.69. The summed E-state index contributed by atoms with van der Waals surface area (Å²) in [5, 5.41) is 6.68. The van der Waals surface area contributed by atoms with Gasteiger partial charge in [0.1, 0.15) is 5.82 Å². The van der Waals surface area contributed by atoms with Crippen molar-refractivity contribution in [1.82, 2.24) is 10.6 Å². The van der Waals surface area contributed by atoms with E-state index in [9.17, 15) is 4.39 Å². The third kappa shape index (κ3) is 5.69. The minimum absolute atomic E-state index is 0.189. The minimum Gasteiger partial charge on any atom is -0.378 e. The van der Waals surface area contributed by atoms with Crippen molar-refractivity contribution in [2.75, 3.05) is 38.3 Å². The van der Waals surface area contributed by atoms with E-state index < -0.39 is 0 Å². The van der Waals surface area contributed by atoms with E-state index in [1.807, 2.05) is 28.4 Å². The number of nitrogens with one attached hydrogen (secondary N) is 2. The number of rotatable bonds is 6. The molecule has 0 spiro atoms. The van der Waals surface area contributed by atoms with E-state index in [1.165, 1.54) is 9.75 Å². The number of ether oxygens (including phenoxy) is 1. The summed E-state index contributed by atoms with van der Waals surface area (Å²) in [6.07, 6.45) is 0.947. The van der Waals surface area contributed by atoms with Gasteiger partial charge in [-0.05, 0) is 43.7 Å². The highest BCUT2D eigenvalue weighted by atomic mass is 32.1. The third-order valence-corrected chi connectivity index (χ3v) is 5.76. The normalized spacial score (nSPS) is 16.1. The molecule has 1 aromatic heterocycles. The Balaban J connectivity index is 1.52. The molecule has 1 aromatic carbocycles. The lowest BCUT2D eigenvalue weighted by molar-refractivity contribution is 0.122. The first-order valence-corrected chi connectivity index (χ1v) is 10.5. The fraction of sp³-hybridized carbons (Fsp3) is 0.476. The summed E-state index contributed by atoms with van der Waals surface area (Å²) >= 11 is 1.82. The number of thiophene rings is 1. The lowest BCUT2D eigenvalue weighted by Gasteiger charge is -2.29. The summed E-state index contributed by atoms with van der Waals surface area (Å²) in [6.45, 7) is 7.53. The van der Waals surface area contributed by atoms with Crippen LogP contribution in [0.1, 0.15) is 22.2 Å². The standard InChI is InChI=1S/C21H29FN4OS/c1-15(12-18-6-4-16(2)28-18)25-21(23-3)24-14-17-5-7-20(19(22)13-17)26-8-10-27-11-9-26/h4-7,13,15H,8-12,14H2,1-3H3,(H2,23,24,25). The molecule has 0 saturated carbocycles. The molecular weight excluding hydrogens is 375 g/mol. The molecule has 1 aliphatic rings. The second kappa shape index (κ2) is 9.89. The molecule has 0 aliphatic carbocycles. The molecule has 3 rings (SSSR count). The van der Waals surface area contributed by atoms with Crippen LogP contribution in [0, 0.1) is 12.7 Å². The molecule has 2 heterocycles. The summed E-state index contributed by atoms with van der Waals surface area (Å²) in [5.41, 5.74) is 1.54. The van der Waals surface area contributed by atoms with Crippen molar-refractivity contribution in [3.05, 3.63) is 51.5 Å². The SMILES string of the molecule is CN=C(NCc1ccc(N2CCOCC2)c(F)c1)NC(C)Cc1ccc(C)s1. The van der Waals surface area contributed by atoms with Crippen molar-refractivity contribution in [3.8, 4) is 0 Å². The molecule has 0 radical (unpaired) electrons. The van der Waals surface area contributed by atoms with E-state index in [1.54, 1.807) is 13.1 Å². The van der Waals surface area contributed by atoms with Gasteiger partial charge in [-0.3, -0.25) is 4.99 Å². The highest BCUT2D eigenvalue weighted by Gasteiger charge is 2.15. The second-order valence-corrected chi connectivity index (χ2v) is 8.45. The van der Waals surface area contributed by atoms with E-state index in [4.69, 9.17) is 4.74 Å². The summed E-state index contributed by atoms with van der Waals surface area (Å²) in [6, 6.07) is 10.00. The van der Waals surface area contributed by atoms with E-state index in [0.29, 0.717) is 25.4 Å². The Labute approximate surface area is 170 Å². The van der Waals surface area contributed by atoms with Crippen molar-refractivity contribution < 1.29 is 9.13 Å². The largest absolute Gasteiger partial charge is 0.378 e. The smallest absolute Gasteiger partial charge is 0.191 e. The number of hydrogen-bond donors (Lipinski definition) is 2. The monoisotopic (exact) mass is 404 g/mol. The van der Waals surface area contributed by atoms with Gasteiger partial charge in [0, 0.05) is 48.9 Å². The quantitative estimate of drug-likeness (QED) is 0.573. The molecule has 7 heteroatoms. The Bertz CT molecular complexity index is 801. The van der Waals surface area contributed by atoms with Crippen LogP contribution in [-0.4, -0.2) is 45.4 Å². The highest BCUT2D eigenvalue weighted by Crippen LogP contribution is 2.21. The van der Waals surface area contributed by atoms with Gasteiger partial charge in [0.05, 0.1) is 18.9 Å². The number of halogens is 1. The molecule has 1 atom stereocenters. The Morgan fingerprint density at radius 2 is 2.07 bits per heavy atom. The lowest BCUT2D eigenvalue weighted by atomic mass is 10.1. The Morgan fingerprint density at radius 1 is 1.29 bits per heavy atom. The number of morpholine rings is 1. The van der Waals surface area contributed by atoms with Gasteiger partial charge in [-0.15, -0.1) is 11.3 Å². The summed E-state index contributed by atoms with van der Waals surface area (Å²) in [4.78, 5) is 9.00. The minimum atomic E-state index is -0.189. The molecule has 1 aliphatic heterocycles. The number of benzene rings is 1. The van der Waals surface area contributed by atoms with Crippen molar-refractivity contribution in [3.63, 3.8) is 0 Å². The maximum atomic E-state index is 14.5. The Morgan fingerprint density at radius 3 is 2.71 bits per heavy atom. The number of aliphatic imine (C=N–C) groups is 1. The third-order valence-electron chi connectivity index (χ3n) is 4.73. The molecule has 0 amide bonds. The number of aryl methyl sites for hydroxylation is 1. The van der Waals surface area contributed by atoms with Gasteiger partial charge in [0.2, 0.25) is 0 Å². The van der Waals surface area contributed by atoms with Crippen molar-refractivity contribution in [2.45, 2.75) is 32.9 Å². The van der Waals surface area contributed by atoms with Crippen molar-refractivity contribution in [1.29, 1.82) is 0 Å². The maximum absolute atomic E-state index is 14.5. The first kappa shape index (κ1) is 20.6. The van der Waals surface area contributed by atoms with E-state index in [-0.39, 0.29) is 11.9 Å². The predicted molar refractivity (Wildman–Crippen MR) is 115 cm³/mol. The lowest BCUT2D eigenvalue weighted by Crippen LogP contribution is -2.42. The van der Waals surface area contributed by atoms with Crippen LogP contribution in [-0.2, 0) is 17.7 Å². The molecular formula is C21H29FN4OS. The van der Waals surface area contributed by atoms with Crippen molar-refractivity contribution in [2.24, 2.45) is 4.99 Å². The van der Waals surface area contributed by atoms with Crippen LogP contribution < -0.4 is 15.5 Å². The zero-order chi connectivity index (χ0) is 19.9. The Hall–Kier alpha value is -2.12. The predicted octanol–water partition coefficient (Wildman–Crippen LogP) is 3.33. The fourth-order valence-electron chi connectivity index (χ4n) is 3.28. The summed E-state index contributed by atoms with van der Waals surface area (Å²) in [7, 11) is 1.75. The molecule has 1 unspecified atom stereocenters.